The first-order valence-corrected chi connectivity index (χ1v) is 9.02. The SMILES string of the molecule is Cc1cc(F)ccc1C[C@@H](N)[C@@H](O)Cc1ncccc1C(=O)NC(C)(C)C. The van der Waals surface area contributed by atoms with Crippen molar-refractivity contribution in [3.8, 4) is 0 Å². The molecule has 2 atom stereocenters. The van der Waals surface area contributed by atoms with Gasteiger partial charge >= 0.3 is 0 Å². The van der Waals surface area contributed by atoms with Crippen molar-refractivity contribution >= 4 is 5.91 Å². The van der Waals surface area contributed by atoms with Gasteiger partial charge in [0, 0.05) is 24.2 Å². The number of carbonyl (C=O) groups is 1. The molecule has 0 aliphatic heterocycles. The minimum atomic E-state index is -0.884. The summed E-state index contributed by atoms with van der Waals surface area (Å²) < 4.78 is 13.2. The van der Waals surface area contributed by atoms with Gasteiger partial charge in [0.05, 0.1) is 17.4 Å². The molecule has 0 spiro atoms. The van der Waals surface area contributed by atoms with Gasteiger partial charge in [0.2, 0.25) is 0 Å². The van der Waals surface area contributed by atoms with E-state index in [4.69, 9.17) is 5.73 Å². The summed E-state index contributed by atoms with van der Waals surface area (Å²) in [6, 6.07) is 7.33. The number of pyridine rings is 1. The predicted octanol–water partition coefficient (Wildman–Crippen LogP) is 2.53. The van der Waals surface area contributed by atoms with E-state index in [1.54, 1.807) is 24.4 Å². The Morgan fingerprint density at radius 3 is 2.63 bits per heavy atom. The van der Waals surface area contributed by atoms with E-state index >= 15 is 0 Å². The molecule has 0 fully saturated rings. The summed E-state index contributed by atoms with van der Waals surface area (Å²) in [7, 11) is 0. The number of carbonyl (C=O) groups excluding carboxylic acids is 1. The molecule has 5 nitrogen and oxygen atoms in total. The Bertz CT molecular complexity index is 802. The van der Waals surface area contributed by atoms with Crippen LogP contribution in [0.15, 0.2) is 36.5 Å². The van der Waals surface area contributed by atoms with Gasteiger partial charge in [-0.3, -0.25) is 9.78 Å². The second-order valence-electron chi connectivity index (χ2n) is 7.91. The lowest BCUT2D eigenvalue weighted by molar-refractivity contribution is 0.0916. The number of halogens is 1. The summed E-state index contributed by atoms with van der Waals surface area (Å²) in [5.74, 6) is -0.533. The molecule has 1 heterocycles. The Morgan fingerprint density at radius 2 is 2.00 bits per heavy atom. The average Bonchev–Trinajstić information content (AvgIpc) is 2.56. The number of nitrogens with one attached hydrogen (secondary N) is 1. The summed E-state index contributed by atoms with van der Waals surface area (Å²) >= 11 is 0. The first kappa shape index (κ1) is 21.0. The highest BCUT2D eigenvalue weighted by atomic mass is 19.1. The van der Waals surface area contributed by atoms with E-state index in [0.717, 1.165) is 11.1 Å². The average molecular weight is 373 g/mol. The molecule has 1 aromatic heterocycles. The molecule has 0 aliphatic carbocycles. The Kier molecular flexibility index (Phi) is 6.68. The van der Waals surface area contributed by atoms with Gasteiger partial charge < -0.3 is 16.2 Å². The molecule has 4 N–H and O–H groups in total. The molecule has 6 heteroatoms. The first-order chi connectivity index (χ1) is 12.6. The molecule has 146 valence electrons. The first-order valence-electron chi connectivity index (χ1n) is 9.02. The number of nitrogens with zero attached hydrogens (tertiary/aromatic N) is 1. The second-order valence-corrected chi connectivity index (χ2v) is 7.91. The summed E-state index contributed by atoms with van der Waals surface area (Å²) in [4.78, 5) is 16.8. The fraction of sp³-hybridized carbons (Fsp3) is 0.429. The lowest BCUT2D eigenvalue weighted by atomic mass is 9.95. The molecule has 1 amide bonds. The Hall–Kier alpha value is -2.31. The molecule has 2 rings (SSSR count). The van der Waals surface area contributed by atoms with E-state index in [0.29, 0.717) is 17.7 Å². The smallest absolute Gasteiger partial charge is 0.253 e. The maximum atomic E-state index is 13.2. The fourth-order valence-corrected chi connectivity index (χ4v) is 2.84. The molecule has 0 bridgehead atoms. The highest BCUT2D eigenvalue weighted by Crippen LogP contribution is 2.16. The van der Waals surface area contributed by atoms with Gasteiger partial charge in [-0.25, -0.2) is 4.39 Å². The quantitative estimate of drug-likeness (QED) is 0.726. The van der Waals surface area contributed by atoms with Crippen LogP contribution in [0.3, 0.4) is 0 Å². The highest BCUT2D eigenvalue weighted by molar-refractivity contribution is 5.95. The molecular formula is C21H28FN3O2. The number of aliphatic hydroxyl groups excluding tert-OH is 1. The topological polar surface area (TPSA) is 88.2 Å². The van der Waals surface area contributed by atoms with Crippen molar-refractivity contribution in [2.75, 3.05) is 0 Å². The van der Waals surface area contributed by atoms with Crippen LogP contribution in [0.1, 0.15) is 48.0 Å². The van der Waals surface area contributed by atoms with E-state index in [2.05, 4.69) is 10.3 Å². The zero-order valence-electron chi connectivity index (χ0n) is 16.3. The standard InChI is InChI=1S/C21H28FN3O2/c1-13-10-15(22)8-7-14(13)11-17(23)19(26)12-18-16(6-5-9-24-18)20(27)25-21(2,3)4/h5-10,17,19,26H,11-12,23H2,1-4H3,(H,25,27)/t17-,19+/m1/s1. The summed E-state index contributed by atoms with van der Waals surface area (Å²) in [6.07, 6.45) is 1.27. The van der Waals surface area contributed by atoms with Crippen LogP contribution in [-0.4, -0.2) is 33.7 Å². The summed E-state index contributed by atoms with van der Waals surface area (Å²) in [5, 5.41) is 13.4. The number of nitrogens with two attached hydrogens (primary N) is 1. The van der Waals surface area contributed by atoms with Crippen LogP contribution in [0.4, 0.5) is 4.39 Å². The third kappa shape index (κ3) is 6.12. The van der Waals surface area contributed by atoms with Gasteiger partial charge in [0.15, 0.2) is 0 Å². The largest absolute Gasteiger partial charge is 0.391 e. The molecule has 0 unspecified atom stereocenters. The molecule has 0 aliphatic rings. The van der Waals surface area contributed by atoms with E-state index in [-0.39, 0.29) is 23.7 Å². The third-order valence-electron chi connectivity index (χ3n) is 4.28. The monoisotopic (exact) mass is 373 g/mol. The minimum Gasteiger partial charge on any atom is -0.391 e. The maximum absolute atomic E-state index is 13.2. The normalized spacial score (nSPS) is 13.9. The molecule has 0 saturated heterocycles. The van der Waals surface area contributed by atoms with Gasteiger partial charge in [-0.1, -0.05) is 6.07 Å². The van der Waals surface area contributed by atoms with Crippen LogP contribution in [0.25, 0.3) is 0 Å². The van der Waals surface area contributed by atoms with Crippen molar-refractivity contribution in [3.63, 3.8) is 0 Å². The van der Waals surface area contributed by atoms with Crippen LogP contribution in [0.2, 0.25) is 0 Å². The lowest BCUT2D eigenvalue weighted by Crippen LogP contribution is -2.42. The van der Waals surface area contributed by atoms with Crippen LogP contribution in [-0.2, 0) is 12.8 Å². The summed E-state index contributed by atoms with van der Waals surface area (Å²) in [5.41, 5.74) is 8.39. The number of amides is 1. The Morgan fingerprint density at radius 1 is 1.30 bits per heavy atom. The van der Waals surface area contributed by atoms with Crippen molar-refractivity contribution in [1.82, 2.24) is 10.3 Å². The fourth-order valence-electron chi connectivity index (χ4n) is 2.84. The third-order valence-corrected chi connectivity index (χ3v) is 4.28. The number of aromatic nitrogens is 1. The van der Waals surface area contributed by atoms with Crippen molar-refractivity contribution in [1.29, 1.82) is 0 Å². The predicted molar refractivity (Wildman–Crippen MR) is 104 cm³/mol. The maximum Gasteiger partial charge on any atom is 0.253 e. The number of hydrogen-bond acceptors (Lipinski definition) is 4. The van der Waals surface area contributed by atoms with Gasteiger partial charge in [0.25, 0.3) is 5.91 Å². The number of aliphatic hydroxyl groups is 1. The van der Waals surface area contributed by atoms with Crippen LogP contribution in [0, 0.1) is 12.7 Å². The second kappa shape index (κ2) is 8.59. The molecule has 2 aromatic rings. The number of benzene rings is 1. The van der Waals surface area contributed by atoms with E-state index < -0.39 is 12.1 Å². The van der Waals surface area contributed by atoms with Crippen LogP contribution >= 0.6 is 0 Å². The lowest BCUT2D eigenvalue weighted by Gasteiger charge is -2.23. The molecule has 1 aromatic carbocycles. The molecule has 0 saturated carbocycles. The van der Waals surface area contributed by atoms with Gasteiger partial charge in [-0.2, -0.15) is 0 Å². The zero-order valence-corrected chi connectivity index (χ0v) is 16.3. The Labute approximate surface area is 159 Å². The van der Waals surface area contributed by atoms with E-state index in [9.17, 15) is 14.3 Å². The van der Waals surface area contributed by atoms with Crippen LogP contribution < -0.4 is 11.1 Å². The van der Waals surface area contributed by atoms with Crippen molar-refractivity contribution < 1.29 is 14.3 Å². The molecule has 0 radical (unpaired) electrons. The van der Waals surface area contributed by atoms with Gasteiger partial charge in [-0.15, -0.1) is 0 Å². The number of hydrogen-bond donors (Lipinski definition) is 3. The minimum absolute atomic E-state index is 0.162. The van der Waals surface area contributed by atoms with Crippen molar-refractivity contribution in [2.45, 2.75) is 58.2 Å². The Balaban J connectivity index is 2.11. The number of rotatable bonds is 6. The van der Waals surface area contributed by atoms with Crippen molar-refractivity contribution in [2.24, 2.45) is 5.73 Å². The van der Waals surface area contributed by atoms with Gasteiger partial charge in [0.1, 0.15) is 5.82 Å². The highest BCUT2D eigenvalue weighted by Gasteiger charge is 2.23. The van der Waals surface area contributed by atoms with E-state index in [1.807, 2.05) is 27.7 Å². The molecular weight excluding hydrogens is 345 g/mol. The van der Waals surface area contributed by atoms with E-state index in [1.165, 1.54) is 12.1 Å². The van der Waals surface area contributed by atoms with Gasteiger partial charge in [-0.05, 0) is 69.5 Å². The summed E-state index contributed by atoms with van der Waals surface area (Å²) in [6.45, 7) is 7.51. The van der Waals surface area contributed by atoms with Crippen molar-refractivity contribution in [3.05, 3.63) is 64.7 Å². The van der Waals surface area contributed by atoms with Crippen LogP contribution in [0.5, 0.6) is 0 Å². The zero-order chi connectivity index (χ0) is 20.2. The molecule has 27 heavy (non-hydrogen) atoms. The number of aryl methyl sites for hydroxylation is 1.